The molecule has 2 aromatic carbocycles. The SMILES string of the molecule is CN1CCN([C@H]2CC[C@@H](n3cc(-c4ccc(Nc5ncc6ccccc6n5)cc4)c4c(N)ncnc43)CC2)CC1. The predicted octanol–water partition coefficient (Wildman–Crippen LogP) is 5.10. The number of hydrogen-bond acceptors (Lipinski definition) is 8. The molecule has 0 unspecified atom stereocenters. The van der Waals surface area contributed by atoms with E-state index in [0.29, 0.717) is 23.8 Å². The lowest BCUT2D eigenvalue weighted by Crippen LogP contribution is -2.49. The maximum atomic E-state index is 6.44. The highest BCUT2D eigenvalue weighted by Crippen LogP contribution is 2.39. The van der Waals surface area contributed by atoms with Crippen molar-refractivity contribution < 1.29 is 0 Å². The molecule has 1 aliphatic carbocycles. The zero-order chi connectivity index (χ0) is 27.1. The van der Waals surface area contributed by atoms with Crippen LogP contribution in [0.5, 0.6) is 0 Å². The van der Waals surface area contributed by atoms with Crippen molar-refractivity contribution in [2.45, 2.75) is 37.8 Å². The van der Waals surface area contributed by atoms with Crippen molar-refractivity contribution in [1.82, 2.24) is 34.3 Å². The summed E-state index contributed by atoms with van der Waals surface area (Å²) in [5.41, 5.74) is 11.4. The molecule has 4 heterocycles. The molecule has 0 spiro atoms. The number of hydrogen-bond donors (Lipinski definition) is 2. The van der Waals surface area contributed by atoms with Crippen LogP contribution in [-0.4, -0.2) is 73.6 Å². The van der Waals surface area contributed by atoms with Gasteiger partial charge in [0.2, 0.25) is 5.95 Å². The van der Waals surface area contributed by atoms with Crippen molar-refractivity contribution in [2.75, 3.05) is 44.3 Å². The summed E-state index contributed by atoms with van der Waals surface area (Å²) in [5, 5.41) is 5.28. The summed E-state index contributed by atoms with van der Waals surface area (Å²) in [6.45, 7) is 4.71. The van der Waals surface area contributed by atoms with Gasteiger partial charge in [0.15, 0.2) is 0 Å². The number of nitrogens with one attached hydrogen (secondary N) is 1. The van der Waals surface area contributed by atoms with E-state index < -0.39 is 0 Å². The zero-order valence-corrected chi connectivity index (χ0v) is 22.9. The predicted molar refractivity (Wildman–Crippen MR) is 161 cm³/mol. The number of para-hydroxylation sites is 1. The average Bonchev–Trinajstić information content (AvgIpc) is 3.39. The Morgan fingerprint density at radius 1 is 0.850 bits per heavy atom. The van der Waals surface area contributed by atoms with Crippen LogP contribution < -0.4 is 11.1 Å². The summed E-state index contributed by atoms with van der Waals surface area (Å²) in [7, 11) is 2.22. The van der Waals surface area contributed by atoms with E-state index in [9.17, 15) is 0 Å². The number of likely N-dealkylation sites (N-methyl/N-ethyl adjacent to an activating group) is 1. The monoisotopic (exact) mass is 533 g/mol. The van der Waals surface area contributed by atoms with E-state index in [2.05, 4.69) is 72.1 Å². The van der Waals surface area contributed by atoms with E-state index in [4.69, 9.17) is 10.7 Å². The second-order valence-corrected chi connectivity index (χ2v) is 11.2. The fourth-order valence-electron chi connectivity index (χ4n) is 6.39. The molecule has 0 amide bonds. The Hall–Kier alpha value is -4.08. The molecule has 204 valence electrons. The van der Waals surface area contributed by atoms with Crippen molar-refractivity contribution in [2.24, 2.45) is 0 Å². The molecular weight excluding hydrogens is 498 g/mol. The molecule has 40 heavy (non-hydrogen) atoms. The highest BCUT2D eigenvalue weighted by Gasteiger charge is 2.30. The van der Waals surface area contributed by atoms with Gasteiger partial charge in [-0.2, -0.15) is 0 Å². The molecular formula is C31H35N9. The molecule has 9 heteroatoms. The number of aromatic nitrogens is 5. The largest absolute Gasteiger partial charge is 0.383 e. The summed E-state index contributed by atoms with van der Waals surface area (Å²) in [6, 6.07) is 17.4. The number of nitrogen functional groups attached to an aromatic ring is 1. The van der Waals surface area contributed by atoms with Gasteiger partial charge in [0, 0.05) is 67.3 Å². The maximum absolute atomic E-state index is 6.44. The van der Waals surface area contributed by atoms with Gasteiger partial charge in [-0.3, -0.25) is 4.90 Å². The Kier molecular flexibility index (Phi) is 6.53. The summed E-state index contributed by atoms with van der Waals surface area (Å²) in [6.07, 6.45) is 10.4. The number of anilines is 3. The standard InChI is InChI=1S/C31H35N9/c1-38-14-16-39(17-15-38)24-10-12-25(13-11-24)40-19-26(28-29(32)34-20-35-30(28)40)21-6-8-23(9-7-21)36-31-33-18-22-4-2-3-5-27(22)37-31/h2-9,18-20,24-25H,10-17H2,1H3,(H2,32,34,35)(H,33,36,37)/t24-,25+. The van der Waals surface area contributed by atoms with Gasteiger partial charge in [0.25, 0.3) is 0 Å². The van der Waals surface area contributed by atoms with Gasteiger partial charge in [-0.25, -0.2) is 19.9 Å². The summed E-state index contributed by atoms with van der Waals surface area (Å²) < 4.78 is 2.36. The third-order valence-corrected chi connectivity index (χ3v) is 8.69. The molecule has 2 fully saturated rings. The molecule has 7 rings (SSSR count). The van der Waals surface area contributed by atoms with Gasteiger partial charge in [-0.15, -0.1) is 0 Å². The highest BCUT2D eigenvalue weighted by molar-refractivity contribution is 6.00. The first-order valence-corrected chi connectivity index (χ1v) is 14.3. The fraction of sp³-hybridized carbons (Fsp3) is 0.355. The topological polar surface area (TPSA) is 101 Å². The highest BCUT2D eigenvalue weighted by atomic mass is 15.3. The molecule has 1 saturated carbocycles. The third kappa shape index (κ3) is 4.76. The normalized spacial score (nSPS) is 20.7. The molecule has 1 saturated heterocycles. The molecule has 0 radical (unpaired) electrons. The smallest absolute Gasteiger partial charge is 0.227 e. The molecule has 0 bridgehead atoms. The van der Waals surface area contributed by atoms with Crippen LogP contribution in [0.15, 0.2) is 67.3 Å². The molecule has 9 nitrogen and oxygen atoms in total. The van der Waals surface area contributed by atoms with E-state index in [1.807, 2.05) is 30.5 Å². The second kappa shape index (κ2) is 10.5. The quantitative estimate of drug-likeness (QED) is 0.322. The summed E-state index contributed by atoms with van der Waals surface area (Å²) >= 11 is 0. The van der Waals surface area contributed by atoms with Gasteiger partial charge >= 0.3 is 0 Å². The molecule has 3 aromatic heterocycles. The van der Waals surface area contributed by atoms with E-state index in [1.165, 1.54) is 39.0 Å². The summed E-state index contributed by atoms with van der Waals surface area (Å²) in [4.78, 5) is 23.3. The minimum absolute atomic E-state index is 0.417. The van der Waals surface area contributed by atoms with Gasteiger partial charge in [0.05, 0.1) is 10.9 Å². The lowest BCUT2D eigenvalue weighted by Gasteiger charge is -2.41. The van der Waals surface area contributed by atoms with E-state index in [-0.39, 0.29) is 0 Å². The maximum Gasteiger partial charge on any atom is 0.227 e. The van der Waals surface area contributed by atoms with Crippen LogP contribution in [0.25, 0.3) is 33.1 Å². The van der Waals surface area contributed by atoms with Crippen LogP contribution in [0, 0.1) is 0 Å². The molecule has 1 aliphatic heterocycles. The number of rotatable bonds is 5. The van der Waals surface area contributed by atoms with E-state index >= 15 is 0 Å². The molecule has 0 atom stereocenters. The zero-order valence-electron chi connectivity index (χ0n) is 22.9. The van der Waals surface area contributed by atoms with E-state index in [1.54, 1.807) is 6.33 Å². The minimum atomic E-state index is 0.417. The Morgan fingerprint density at radius 2 is 1.60 bits per heavy atom. The minimum Gasteiger partial charge on any atom is -0.383 e. The Morgan fingerprint density at radius 3 is 2.40 bits per heavy atom. The first-order valence-electron chi connectivity index (χ1n) is 14.3. The molecule has 2 aliphatic rings. The van der Waals surface area contributed by atoms with Crippen LogP contribution >= 0.6 is 0 Å². The van der Waals surface area contributed by atoms with Gasteiger partial charge in [-0.05, 0) is 56.5 Å². The van der Waals surface area contributed by atoms with Crippen molar-refractivity contribution in [1.29, 1.82) is 0 Å². The number of fused-ring (bicyclic) bond motifs is 2. The van der Waals surface area contributed by atoms with Crippen molar-refractivity contribution in [3.05, 3.63) is 67.3 Å². The van der Waals surface area contributed by atoms with E-state index in [0.717, 1.165) is 51.6 Å². The van der Waals surface area contributed by atoms with Crippen molar-refractivity contribution in [3.63, 3.8) is 0 Å². The van der Waals surface area contributed by atoms with Crippen molar-refractivity contribution in [3.8, 4) is 11.1 Å². The Labute approximate surface area is 234 Å². The number of piperazine rings is 1. The van der Waals surface area contributed by atoms with Crippen LogP contribution in [-0.2, 0) is 0 Å². The first-order chi connectivity index (χ1) is 19.6. The van der Waals surface area contributed by atoms with Crippen LogP contribution in [0.4, 0.5) is 17.5 Å². The lowest BCUT2D eigenvalue weighted by atomic mass is 9.89. The second-order valence-electron chi connectivity index (χ2n) is 11.2. The molecule has 3 N–H and O–H groups in total. The third-order valence-electron chi connectivity index (χ3n) is 8.69. The van der Waals surface area contributed by atoms with Crippen molar-refractivity contribution >= 4 is 39.4 Å². The Balaban J connectivity index is 1.12. The van der Waals surface area contributed by atoms with Gasteiger partial charge < -0.3 is 20.5 Å². The average molecular weight is 534 g/mol. The fourth-order valence-corrected chi connectivity index (χ4v) is 6.39. The molecule has 5 aromatic rings. The summed E-state index contributed by atoms with van der Waals surface area (Å²) in [5.74, 6) is 1.10. The Bertz CT molecular complexity index is 1630. The number of benzene rings is 2. The number of nitrogens with zero attached hydrogens (tertiary/aromatic N) is 7. The van der Waals surface area contributed by atoms with Gasteiger partial charge in [0.1, 0.15) is 17.8 Å². The van der Waals surface area contributed by atoms with Crippen LogP contribution in [0.3, 0.4) is 0 Å². The number of nitrogens with two attached hydrogens (primary N) is 1. The lowest BCUT2D eigenvalue weighted by molar-refractivity contribution is 0.0828. The first kappa shape index (κ1) is 24.9. The van der Waals surface area contributed by atoms with Crippen LogP contribution in [0.1, 0.15) is 31.7 Å². The van der Waals surface area contributed by atoms with Gasteiger partial charge in [-0.1, -0.05) is 30.3 Å². The van der Waals surface area contributed by atoms with Crippen LogP contribution in [0.2, 0.25) is 0 Å².